The van der Waals surface area contributed by atoms with Gasteiger partial charge in [-0.2, -0.15) is 0 Å². The zero-order valence-corrected chi connectivity index (χ0v) is 22.1. The summed E-state index contributed by atoms with van der Waals surface area (Å²) in [5.74, 6) is -0.431. The van der Waals surface area contributed by atoms with E-state index in [1.165, 1.54) is 22.3 Å². The number of carbonyl (C=O) groups excluding carboxylic acids is 1. The van der Waals surface area contributed by atoms with Gasteiger partial charge in [-0.1, -0.05) is 48.5 Å². The van der Waals surface area contributed by atoms with Gasteiger partial charge in [-0.15, -0.1) is 0 Å². The van der Waals surface area contributed by atoms with Gasteiger partial charge >= 0.3 is 12.1 Å². The molecule has 37 heavy (non-hydrogen) atoms. The fourth-order valence-corrected chi connectivity index (χ4v) is 7.05. The zero-order valence-electron chi connectivity index (χ0n) is 20.5. The second kappa shape index (κ2) is 9.29. The van der Waals surface area contributed by atoms with Gasteiger partial charge in [0, 0.05) is 37.7 Å². The first-order valence-corrected chi connectivity index (χ1v) is 13.3. The van der Waals surface area contributed by atoms with E-state index in [0.29, 0.717) is 36.2 Å². The number of ether oxygens (including phenoxy) is 2. The molecule has 3 unspecified atom stereocenters. The highest BCUT2D eigenvalue weighted by molar-refractivity contribution is 9.10. The zero-order chi connectivity index (χ0) is 25.7. The van der Waals surface area contributed by atoms with E-state index >= 15 is 0 Å². The lowest BCUT2D eigenvalue weighted by molar-refractivity contribution is -0.160. The Morgan fingerprint density at radius 2 is 1.81 bits per heavy atom. The third-order valence-electron chi connectivity index (χ3n) is 8.17. The van der Waals surface area contributed by atoms with Gasteiger partial charge in [-0.25, -0.2) is 14.6 Å². The number of aryl methyl sites for hydroxylation is 1. The molecule has 1 N–H and O–H groups in total. The molecule has 3 aliphatic rings. The molecule has 2 aromatic carbocycles. The number of amides is 1. The first-order valence-electron chi connectivity index (χ1n) is 12.5. The Labute approximate surface area is 223 Å². The maximum Gasteiger partial charge on any atom is 0.410 e. The van der Waals surface area contributed by atoms with E-state index in [1.54, 1.807) is 4.90 Å². The third-order valence-corrected chi connectivity index (χ3v) is 8.55. The molecule has 1 aromatic heterocycles. The monoisotopic (exact) mass is 565 g/mol. The summed E-state index contributed by atoms with van der Waals surface area (Å²) in [6, 6.07) is 16.6. The van der Waals surface area contributed by atoms with Crippen LogP contribution in [0, 0.1) is 5.92 Å². The summed E-state index contributed by atoms with van der Waals surface area (Å²) < 4.78 is 14.6. The maximum absolute atomic E-state index is 13.4. The minimum absolute atomic E-state index is 0.00115. The van der Waals surface area contributed by atoms with Gasteiger partial charge in [0.1, 0.15) is 29.2 Å². The summed E-state index contributed by atoms with van der Waals surface area (Å²) in [7, 11) is 1.88. The standard InChI is InChI=1S/C28H28BrN3O5/c1-31-14-24(29)30-26(31)28(37-16-25(33)34)11-10-18-12-17(28)13-32(18)27(35)36-15-23-21-8-4-2-6-19(21)20-7-3-5-9-22(20)23/h2-9,14,17-18,23H,10-13,15-16H2,1H3,(H,33,34). The summed E-state index contributed by atoms with van der Waals surface area (Å²) >= 11 is 3.43. The number of hydrogen-bond acceptors (Lipinski definition) is 5. The van der Waals surface area contributed by atoms with E-state index in [-0.39, 0.29) is 30.6 Å². The molecule has 3 aromatic rings. The van der Waals surface area contributed by atoms with Crippen molar-refractivity contribution in [3.8, 4) is 11.1 Å². The van der Waals surface area contributed by atoms with Gasteiger partial charge in [-0.05, 0) is 57.4 Å². The molecule has 1 saturated carbocycles. The van der Waals surface area contributed by atoms with Crippen molar-refractivity contribution in [1.82, 2.24) is 14.5 Å². The molecule has 1 aliphatic heterocycles. The van der Waals surface area contributed by atoms with E-state index in [2.05, 4.69) is 45.2 Å². The third kappa shape index (κ3) is 4.05. The molecule has 0 radical (unpaired) electrons. The number of carbonyl (C=O) groups is 2. The Morgan fingerprint density at radius 1 is 1.14 bits per heavy atom. The van der Waals surface area contributed by atoms with Crippen LogP contribution in [0.3, 0.4) is 0 Å². The van der Waals surface area contributed by atoms with Crippen LogP contribution in [0.5, 0.6) is 0 Å². The number of imidazole rings is 1. The fourth-order valence-electron chi connectivity index (χ4n) is 6.58. The van der Waals surface area contributed by atoms with E-state index in [4.69, 9.17) is 9.47 Å². The second-order valence-corrected chi connectivity index (χ2v) is 11.0. The average molecular weight is 566 g/mol. The topological polar surface area (TPSA) is 93.9 Å². The Balaban J connectivity index is 1.21. The molecular formula is C28H28BrN3O5. The van der Waals surface area contributed by atoms with Crippen molar-refractivity contribution in [3.05, 3.63) is 76.3 Å². The van der Waals surface area contributed by atoms with E-state index in [9.17, 15) is 14.7 Å². The number of likely N-dealkylation sites (tertiary alicyclic amines) is 1. The van der Waals surface area contributed by atoms with E-state index in [0.717, 1.165) is 0 Å². The van der Waals surface area contributed by atoms with Crippen molar-refractivity contribution in [2.75, 3.05) is 19.8 Å². The number of fused-ring (bicyclic) bond motifs is 5. The van der Waals surface area contributed by atoms with Crippen LogP contribution in [-0.4, -0.2) is 57.4 Å². The molecule has 1 saturated heterocycles. The summed E-state index contributed by atoms with van der Waals surface area (Å²) in [6.45, 7) is 0.287. The highest BCUT2D eigenvalue weighted by Crippen LogP contribution is 2.50. The van der Waals surface area contributed by atoms with Crippen LogP contribution in [0.1, 0.15) is 42.1 Å². The van der Waals surface area contributed by atoms with Gasteiger partial charge in [0.2, 0.25) is 0 Å². The van der Waals surface area contributed by atoms with Crippen LogP contribution in [-0.2, 0) is 26.9 Å². The molecule has 3 atom stereocenters. The number of halogens is 1. The number of aliphatic carboxylic acids is 1. The largest absolute Gasteiger partial charge is 0.480 e. The summed E-state index contributed by atoms with van der Waals surface area (Å²) in [6.07, 6.45) is 3.49. The van der Waals surface area contributed by atoms with Gasteiger partial charge in [0.25, 0.3) is 0 Å². The van der Waals surface area contributed by atoms with Crippen molar-refractivity contribution in [2.24, 2.45) is 13.0 Å². The van der Waals surface area contributed by atoms with Crippen molar-refractivity contribution in [3.63, 3.8) is 0 Å². The minimum Gasteiger partial charge on any atom is -0.480 e. The normalized spacial score (nSPS) is 24.1. The molecule has 2 aliphatic carbocycles. The van der Waals surface area contributed by atoms with E-state index < -0.39 is 18.2 Å². The molecular weight excluding hydrogens is 538 g/mol. The maximum atomic E-state index is 13.4. The van der Waals surface area contributed by atoms with Gasteiger partial charge in [0.05, 0.1) is 0 Å². The summed E-state index contributed by atoms with van der Waals surface area (Å²) in [4.78, 5) is 31.3. The number of aromatic nitrogens is 2. The lowest BCUT2D eigenvalue weighted by Gasteiger charge is -2.40. The minimum atomic E-state index is -1.03. The predicted molar refractivity (Wildman–Crippen MR) is 139 cm³/mol. The predicted octanol–water partition coefficient (Wildman–Crippen LogP) is 4.91. The number of carboxylic acid groups (broad SMARTS) is 1. The quantitative estimate of drug-likeness (QED) is 0.456. The molecule has 1 amide bonds. The SMILES string of the molecule is Cn1cc(Br)nc1C1(OCC(=O)O)CCC2CC1CN2C(=O)OCC1c2ccccc2-c2ccccc21. The van der Waals surface area contributed by atoms with Crippen LogP contribution in [0.2, 0.25) is 0 Å². The lowest BCUT2D eigenvalue weighted by atomic mass is 9.75. The lowest BCUT2D eigenvalue weighted by Crippen LogP contribution is -2.44. The molecule has 2 fully saturated rings. The number of carboxylic acids is 1. The molecule has 8 nitrogen and oxygen atoms in total. The molecule has 6 rings (SSSR count). The molecule has 192 valence electrons. The van der Waals surface area contributed by atoms with Crippen LogP contribution in [0.25, 0.3) is 11.1 Å². The number of rotatable bonds is 6. The molecule has 2 bridgehead atoms. The van der Waals surface area contributed by atoms with Gasteiger partial charge in [-0.3, -0.25) is 0 Å². The number of benzene rings is 2. The highest BCUT2D eigenvalue weighted by Gasteiger charge is 2.55. The number of hydrogen-bond donors (Lipinski definition) is 1. The number of nitrogens with zero attached hydrogens (tertiary/aromatic N) is 3. The van der Waals surface area contributed by atoms with Gasteiger partial charge < -0.3 is 24.0 Å². The van der Waals surface area contributed by atoms with Crippen molar-refractivity contribution < 1.29 is 24.2 Å². The highest BCUT2D eigenvalue weighted by atomic mass is 79.9. The van der Waals surface area contributed by atoms with Crippen LogP contribution >= 0.6 is 15.9 Å². The molecule has 0 spiro atoms. The first-order chi connectivity index (χ1) is 17.9. The summed E-state index contributed by atoms with van der Waals surface area (Å²) in [5.41, 5.74) is 3.86. The van der Waals surface area contributed by atoms with Gasteiger partial charge in [0.15, 0.2) is 0 Å². The average Bonchev–Trinajstić information content (AvgIpc) is 3.54. The smallest absolute Gasteiger partial charge is 0.410 e. The molecule has 9 heteroatoms. The van der Waals surface area contributed by atoms with Crippen LogP contribution in [0.4, 0.5) is 4.79 Å². The van der Waals surface area contributed by atoms with E-state index in [1.807, 2.05) is 42.1 Å². The summed E-state index contributed by atoms with van der Waals surface area (Å²) in [5, 5.41) is 9.36. The Bertz CT molecular complexity index is 1330. The molecule has 2 heterocycles. The van der Waals surface area contributed by atoms with Crippen LogP contribution < -0.4 is 0 Å². The van der Waals surface area contributed by atoms with Crippen molar-refractivity contribution in [1.29, 1.82) is 0 Å². The Kier molecular flexibility index (Phi) is 6.07. The van der Waals surface area contributed by atoms with Crippen LogP contribution in [0.15, 0.2) is 59.3 Å². The van der Waals surface area contributed by atoms with Crippen molar-refractivity contribution >= 4 is 28.0 Å². The Hall–Kier alpha value is -3.17. The van der Waals surface area contributed by atoms with Crippen molar-refractivity contribution in [2.45, 2.75) is 36.8 Å². The fraction of sp³-hybridized carbons (Fsp3) is 0.393. The Morgan fingerprint density at radius 3 is 2.43 bits per heavy atom. The second-order valence-electron chi connectivity index (χ2n) is 10.2. The first kappa shape index (κ1) is 24.2.